The Labute approximate surface area is 243 Å². The van der Waals surface area contributed by atoms with Crippen LogP contribution in [0, 0.1) is 29.1 Å². The van der Waals surface area contributed by atoms with Crippen molar-refractivity contribution in [2.45, 2.75) is 122 Å². The normalized spacial score (nSPS) is 38.2. The number of hydrogen-bond donors (Lipinski definition) is 5. The summed E-state index contributed by atoms with van der Waals surface area (Å²) in [6, 6.07) is 0. The molecule has 4 aliphatic carbocycles. The monoisotopic (exact) mass is 578 g/mol. The number of ketones is 1. The summed E-state index contributed by atoms with van der Waals surface area (Å²) >= 11 is 0. The first-order valence-corrected chi connectivity index (χ1v) is 15.1. The zero-order valence-electron chi connectivity index (χ0n) is 25.5. The molecule has 9 nitrogen and oxygen atoms in total. The number of rotatable bonds is 9. The third-order valence-corrected chi connectivity index (χ3v) is 10.3. The van der Waals surface area contributed by atoms with Crippen LogP contribution in [-0.2, 0) is 19.1 Å². The summed E-state index contributed by atoms with van der Waals surface area (Å²) in [5.41, 5.74) is -4.57. The number of esters is 2. The van der Waals surface area contributed by atoms with E-state index in [0.29, 0.717) is 17.6 Å². The molecule has 2 fully saturated rings. The highest BCUT2D eigenvalue weighted by Crippen LogP contribution is 2.74. The maximum absolute atomic E-state index is 12.7. The highest BCUT2D eigenvalue weighted by Gasteiger charge is 2.84. The number of unbranched alkanes of at least 4 members (excludes halogenated alkanes) is 6. The van der Waals surface area contributed by atoms with Crippen molar-refractivity contribution >= 4 is 17.7 Å². The molecule has 0 bridgehead atoms. The molecule has 9 heteroatoms. The zero-order chi connectivity index (χ0) is 31.0. The minimum Gasteiger partial charge on any atom is -0.393 e. The number of carbonyl (C=O) groups is 3. The standard InChI is InChI=1S/C20H28O6.C12H22O3/c1-9-5-13-18(24,15(9)22)7-11(8-21)6-12-14-17(3,4)20(14,26)16(23)10(2)19(12,13)25;1-3-4-5-6-7-8-9-10-12(14)15-11(2)13/h5-6,10,12-14,16,21,23-26H,7-8H2,1-4H3;3-10H2,1-2H3/t10-,12+,13-,14-,16-,18-,19-,20-;/m1./s1. The third kappa shape index (κ3) is 5.73. The largest absolute Gasteiger partial charge is 0.393 e. The number of hydrogen-bond acceptors (Lipinski definition) is 9. The van der Waals surface area contributed by atoms with Crippen LogP contribution in [0.1, 0.15) is 99.3 Å². The van der Waals surface area contributed by atoms with Crippen molar-refractivity contribution in [3.63, 3.8) is 0 Å². The summed E-state index contributed by atoms with van der Waals surface area (Å²) in [7, 11) is 0. The number of aliphatic hydroxyl groups is 5. The Morgan fingerprint density at radius 3 is 2.17 bits per heavy atom. The minimum atomic E-state index is -1.84. The number of ether oxygens (including phenoxy) is 1. The molecule has 232 valence electrons. The van der Waals surface area contributed by atoms with E-state index in [1.54, 1.807) is 26.0 Å². The lowest BCUT2D eigenvalue weighted by Gasteiger charge is -2.51. The van der Waals surface area contributed by atoms with Gasteiger partial charge in [0.1, 0.15) is 11.2 Å². The number of fused-ring (bicyclic) bond motifs is 5. The second-order valence-electron chi connectivity index (χ2n) is 13.2. The second kappa shape index (κ2) is 12.4. The predicted molar refractivity (Wildman–Crippen MR) is 152 cm³/mol. The van der Waals surface area contributed by atoms with E-state index in [-0.39, 0.29) is 13.0 Å². The Hall–Kier alpha value is -1.91. The topological polar surface area (TPSA) is 162 Å². The van der Waals surface area contributed by atoms with E-state index in [4.69, 9.17) is 0 Å². The van der Waals surface area contributed by atoms with Gasteiger partial charge in [0.15, 0.2) is 5.78 Å². The Balaban J connectivity index is 0.000000266. The maximum atomic E-state index is 12.7. The average Bonchev–Trinajstić information content (AvgIpc) is 3.30. The molecule has 0 amide bonds. The van der Waals surface area contributed by atoms with Gasteiger partial charge in [0.25, 0.3) is 0 Å². The van der Waals surface area contributed by atoms with Gasteiger partial charge in [-0.25, -0.2) is 0 Å². The lowest BCUT2D eigenvalue weighted by atomic mass is 9.59. The highest BCUT2D eigenvalue weighted by atomic mass is 16.6. The molecule has 0 aliphatic heterocycles. The summed E-state index contributed by atoms with van der Waals surface area (Å²) in [4.78, 5) is 34.1. The lowest BCUT2D eigenvalue weighted by Crippen LogP contribution is -2.65. The van der Waals surface area contributed by atoms with Crippen LogP contribution in [0.2, 0.25) is 0 Å². The van der Waals surface area contributed by atoms with Gasteiger partial charge in [-0.15, -0.1) is 0 Å². The van der Waals surface area contributed by atoms with E-state index >= 15 is 0 Å². The van der Waals surface area contributed by atoms with E-state index < -0.39 is 69.7 Å². The minimum absolute atomic E-state index is 0.0615. The molecule has 4 aliphatic rings. The van der Waals surface area contributed by atoms with Gasteiger partial charge in [-0.05, 0) is 24.5 Å². The van der Waals surface area contributed by atoms with Crippen molar-refractivity contribution in [1.29, 1.82) is 0 Å². The SMILES string of the molecule is CC1=C[C@H]2[C@@]3(O)[C@H](C)[C@@H](O)[C@]4(O)[C@H]([C@@H]3C=C(CO)C[C@]2(O)C1=O)C4(C)C.CCCCCCCCCC(=O)OC(C)=O. The van der Waals surface area contributed by atoms with Crippen molar-refractivity contribution in [2.24, 2.45) is 29.1 Å². The van der Waals surface area contributed by atoms with Gasteiger partial charge in [0, 0.05) is 48.9 Å². The molecule has 41 heavy (non-hydrogen) atoms. The summed E-state index contributed by atoms with van der Waals surface area (Å²) < 4.78 is 4.42. The van der Waals surface area contributed by atoms with Gasteiger partial charge >= 0.3 is 11.9 Å². The molecule has 0 spiro atoms. The van der Waals surface area contributed by atoms with E-state index in [0.717, 1.165) is 12.8 Å². The molecule has 0 unspecified atom stereocenters. The fraction of sp³-hybridized carbons (Fsp3) is 0.781. The Morgan fingerprint density at radius 2 is 1.61 bits per heavy atom. The first-order valence-electron chi connectivity index (χ1n) is 15.1. The quantitative estimate of drug-likeness (QED) is 0.120. The summed E-state index contributed by atoms with van der Waals surface area (Å²) in [6.07, 6.45) is 10.6. The molecule has 8 atom stereocenters. The highest BCUT2D eigenvalue weighted by molar-refractivity contribution is 6.04. The summed E-state index contributed by atoms with van der Waals surface area (Å²) in [5.74, 6) is -4.04. The molecule has 5 N–H and O–H groups in total. The van der Waals surface area contributed by atoms with E-state index in [1.165, 1.54) is 39.0 Å². The fourth-order valence-electron chi connectivity index (χ4n) is 7.88. The van der Waals surface area contributed by atoms with Crippen LogP contribution in [0.5, 0.6) is 0 Å². The smallest absolute Gasteiger partial charge is 0.313 e. The molecule has 0 heterocycles. The van der Waals surface area contributed by atoms with Gasteiger partial charge < -0.3 is 30.3 Å². The molecule has 4 rings (SSSR count). The van der Waals surface area contributed by atoms with Crippen LogP contribution in [0.25, 0.3) is 0 Å². The van der Waals surface area contributed by atoms with E-state index in [2.05, 4.69) is 11.7 Å². The van der Waals surface area contributed by atoms with Gasteiger partial charge in [0.2, 0.25) is 0 Å². The summed E-state index contributed by atoms with van der Waals surface area (Å²) in [5, 5.41) is 54.9. The van der Waals surface area contributed by atoms with Crippen LogP contribution in [0.3, 0.4) is 0 Å². The average molecular weight is 579 g/mol. The van der Waals surface area contributed by atoms with Crippen LogP contribution in [-0.4, -0.2) is 72.8 Å². The Bertz CT molecular complexity index is 1080. The van der Waals surface area contributed by atoms with E-state index in [9.17, 15) is 39.9 Å². The summed E-state index contributed by atoms with van der Waals surface area (Å²) in [6.45, 7) is 10.1. The first-order chi connectivity index (χ1) is 19.0. The second-order valence-corrected chi connectivity index (χ2v) is 13.2. The molecular formula is C32H50O9. The number of Topliss-reactive ketones (excluding diaryl/α,β-unsaturated/α-hetero) is 1. The third-order valence-electron chi connectivity index (χ3n) is 10.3. The van der Waals surface area contributed by atoms with Gasteiger partial charge in [-0.1, -0.05) is 78.4 Å². The van der Waals surface area contributed by atoms with Crippen LogP contribution < -0.4 is 0 Å². The van der Waals surface area contributed by atoms with Crippen LogP contribution in [0.4, 0.5) is 0 Å². The van der Waals surface area contributed by atoms with Crippen molar-refractivity contribution < 1.29 is 44.7 Å². The van der Waals surface area contributed by atoms with Gasteiger partial charge in [0.05, 0.1) is 18.3 Å². The zero-order valence-corrected chi connectivity index (χ0v) is 25.5. The molecule has 0 aromatic carbocycles. The van der Waals surface area contributed by atoms with Crippen molar-refractivity contribution in [3.8, 4) is 0 Å². The molecule has 0 aromatic rings. The number of carbonyl (C=O) groups excluding carboxylic acids is 3. The van der Waals surface area contributed by atoms with Gasteiger partial charge in [-0.2, -0.15) is 0 Å². The molecule has 0 saturated heterocycles. The molecule has 2 saturated carbocycles. The predicted octanol–water partition coefficient (Wildman–Crippen LogP) is 3.15. The van der Waals surface area contributed by atoms with E-state index in [1.807, 2.05) is 13.8 Å². The molecule has 0 aromatic heterocycles. The van der Waals surface area contributed by atoms with Crippen LogP contribution in [0.15, 0.2) is 23.3 Å². The number of aliphatic hydroxyl groups excluding tert-OH is 2. The maximum Gasteiger partial charge on any atom is 0.313 e. The molecule has 0 radical (unpaired) electrons. The van der Waals surface area contributed by atoms with Gasteiger partial charge in [-0.3, -0.25) is 14.4 Å². The van der Waals surface area contributed by atoms with Crippen molar-refractivity contribution in [2.75, 3.05) is 6.61 Å². The Morgan fingerprint density at radius 1 is 1.02 bits per heavy atom. The molecular weight excluding hydrogens is 528 g/mol. The van der Waals surface area contributed by atoms with Crippen molar-refractivity contribution in [1.82, 2.24) is 0 Å². The Kier molecular flexibility index (Phi) is 10.1. The van der Waals surface area contributed by atoms with Crippen molar-refractivity contribution in [3.05, 3.63) is 23.3 Å². The first kappa shape index (κ1) is 33.6. The lowest BCUT2D eigenvalue weighted by molar-refractivity contribution is -0.209. The van der Waals surface area contributed by atoms with Crippen LogP contribution >= 0.6 is 0 Å². The fourth-order valence-corrected chi connectivity index (χ4v) is 7.88.